The molecule has 3 aromatic rings. The first-order chi connectivity index (χ1) is 14.3. The van der Waals surface area contributed by atoms with Crippen molar-refractivity contribution in [3.63, 3.8) is 0 Å². The second kappa shape index (κ2) is 9.23. The molecule has 0 aliphatic carbocycles. The van der Waals surface area contributed by atoms with Crippen molar-refractivity contribution in [3.8, 4) is 33.8 Å². The number of halogens is 1. The maximum absolute atomic E-state index is 14.3. The predicted molar refractivity (Wildman–Crippen MR) is 118 cm³/mol. The van der Waals surface area contributed by atoms with Crippen molar-refractivity contribution >= 4 is 5.97 Å². The summed E-state index contributed by atoms with van der Waals surface area (Å²) in [4.78, 5) is 11.6. The highest BCUT2D eigenvalue weighted by molar-refractivity contribution is 5.88. The summed E-state index contributed by atoms with van der Waals surface area (Å²) in [5, 5.41) is 0. The van der Waals surface area contributed by atoms with Crippen molar-refractivity contribution < 1.29 is 18.7 Å². The Kier molecular flexibility index (Phi) is 6.48. The third-order valence-corrected chi connectivity index (χ3v) is 4.37. The third-order valence-electron chi connectivity index (χ3n) is 4.37. The Balaban J connectivity index is 1.74. The van der Waals surface area contributed by atoms with Crippen molar-refractivity contribution in [1.82, 2.24) is 0 Å². The summed E-state index contributed by atoms with van der Waals surface area (Å²) in [6, 6.07) is 20.2. The first-order valence-corrected chi connectivity index (χ1v) is 9.49. The molecule has 0 amide bonds. The number of rotatable bonds is 7. The summed E-state index contributed by atoms with van der Waals surface area (Å²) in [5.74, 6) is -0.572. The van der Waals surface area contributed by atoms with Crippen LogP contribution in [0.5, 0.6) is 11.5 Å². The lowest BCUT2D eigenvalue weighted by Gasteiger charge is -2.09. The van der Waals surface area contributed by atoms with Gasteiger partial charge in [-0.1, -0.05) is 55.6 Å². The zero-order chi connectivity index (χ0) is 21.7. The highest BCUT2D eigenvalue weighted by Gasteiger charge is 2.11. The lowest BCUT2D eigenvalue weighted by atomic mass is 10.00. The highest BCUT2D eigenvalue weighted by atomic mass is 19.1. The molecule has 4 heteroatoms. The SMILES string of the molecule is C=C(C)COc1ccc(-c2ccc(-c3ccc(OC(=O)C(=C)C)c(F)c3)cc2)cc1. The van der Waals surface area contributed by atoms with Gasteiger partial charge in [0.25, 0.3) is 0 Å². The number of hydrogen-bond donors (Lipinski definition) is 0. The van der Waals surface area contributed by atoms with Gasteiger partial charge in [-0.15, -0.1) is 0 Å². The minimum atomic E-state index is -0.651. The van der Waals surface area contributed by atoms with E-state index in [0.717, 1.165) is 28.0 Å². The lowest BCUT2D eigenvalue weighted by molar-refractivity contribution is -0.130. The molecule has 0 aliphatic rings. The summed E-state index contributed by atoms with van der Waals surface area (Å²) in [6.45, 7) is 11.2. The van der Waals surface area contributed by atoms with Crippen molar-refractivity contribution in [2.24, 2.45) is 0 Å². The molecule has 0 heterocycles. The molecule has 152 valence electrons. The van der Waals surface area contributed by atoms with E-state index in [9.17, 15) is 9.18 Å². The molecule has 0 spiro atoms. The Bertz CT molecular complexity index is 1080. The molecule has 0 atom stereocenters. The Morgan fingerprint density at radius 3 is 1.83 bits per heavy atom. The smallest absolute Gasteiger partial charge is 0.338 e. The summed E-state index contributed by atoms with van der Waals surface area (Å²) in [6.07, 6.45) is 0. The van der Waals surface area contributed by atoms with E-state index < -0.39 is 11.8 Å². The zero-order valence-electron chi connectivity index (χ0n) is 17.1. The number of carbonyl (C=O) groups excluding carboxylic acids is 1. The Morgan fingerprint density at radius 1 is 0.833 bits per heavy atom. The monoisotopic (exact) mass is 402 g/mol. The molecule has 0 fully saturated rings. The fraction of sp³-hybridized carbons (Fsp3) is 0.115. The van der Waals surface area contributed by atoms with E-state index in [1.807, 2.05) is 55.5 Å². The van der Waals surface area contributed by atoms with Gasteiger partial charge in [0.1, 0.15) is 12.4 Å². The largest absolute Gasteiger partial charge is 0.489 e. The van der Waals surface area contributed by atoms with E-state index in [2.05, 4.69) is 13.2 Å². The van der Waals surface area contributed by atoms with Crippen LogP contribution in [0, 0.1) is 5.82 Å². The van der Waals surface area contributed by atoms with Crippen molar-refractivity contribution in [2.75, 3.05) is 6.61 Å². The van der Waals surface area contributed by atoms with Crippen LogP contribution in [-0.4, -0.2) is 12.6 Å². The molecule has 3 rings (SSSR count). The normalized spacial score (nSPS) is 10.4. The second-order valence-electron chi connectivity index (χ2n) is 7.16. The zero-order valence-corrected chi connectivity index (χ0v) is 17.1. The van der Waals surface area contributed by atoms with Crippen molar-refractivity contribution in [3.05, 3.63) is 96.9 Å². The minimum Gasteiger partial charge on any atom is -0.489 e. The van der Waals surface area contributed by atoms with Gasteiger partial charge in [-0.05, 0) is 65.9 Å². The third kappa shape index (κ3) is 5.23. The minimum absolute atomic E-state index is 0.114. The standard InChI is InChI=1S/C26H23FO3/c1-17(2)16-29-23-12-9-20(10-13-23)19-5-7-21(8-6-19)22-11-14-25(24(27)15-22)30-26(28)18(3)4/h5-15H,1,3,16H2,2,4H3. The topological polar surface area (TPSA) is 35.5 Å². The van der Waals surface area contributed by atoms with Crippen LogP contribution in [0.25, 0.3) is 22.3 Å². The number of ether oxygens (including phenoxy) is 2. The Hall–Kier alpha value is -3.66. The van der Waals surface area contributed by atoms with E-state index in [-0.39, 0.29) is 11.3 Å². The molecule has 0 saturated heterocycles. The molecule has 0 radical (unpaired) electrons. The van der Waals surface area contributed by atoms with Gasteiger partial charge in [0, 0.05) is 5.57 Å². The number of carbonyl (C=O) groups is 1. The molecule has 0 aliphatic heterocycles. The summed E-state index contributed by atoms with van der Waals surface area (Å²) < 4.78 is 24.9. The average Bonchev–Trinajstić information content (AvgIpc) is 2.74. The Labute approximate surface area is 176 Å². The molecule has 0 N–H and O–H groups in total. The molecule has 0 unspecified atom stereocenters. The number of benzene rings is 3. The first kappa shape index (κ1) is 21.1. The fourth-order valence-corrected chi connectivity index (χ4v) is 2.76. The van der Waals surface area contributed by atoms with E-state index in [1.165, 1.54) is 19.1 Å². The van der Waals surface area contributed by atoms with Gasteiger partial charge < -0.3 is 9.47 Å². The molecule has 0 aromatic heterocycles. The summed E-state index contributed by atoms with van der Waals surface area (Å²) in [5.41, 5.74) is 4.82. The number of hydrogen-bond acceptors (Lipinski definition) is 3. The van der Waals surface area contributed by atoms with Crippen molar-refractivity contribution in [2.45, 2.75) is 13.8 Å². The van der Waals surface area contributed by atoms with E-state index >= 15 is 0 Å². The van der Waals surface area contributed by atoms with Crippen LogP contribution in [-0.2, 0) is 4.79 Å². The van der Waals surface area contributed by atoms with Gasteiger partial charge in [0.2, 0.25) is 0 Å². The van der Waals surface area contributed by atoms with Gasteiger partial charge in [-0.25, -0.2) is 9.18 Å². The molecule has 3 nitrogen and oxygen atoms in total. The van der Waals surface area contributed by atoms with E-state index in [1.54, 1.807) is 6.07 Å². The second-order valence-corrected chi connectivity index (χ2v) is 7.16. The van der Waals surface area contributed by atoms with E-state index in [4.69, 9.17) is 9.47 Å². The van der Waals surface area contributed by atoms with E-state index in [0.29, 0.717) is 12.2 Å². The van der Waals surface area contributed by atoms with Gasteiger partial charge >= 0.3 is 5.97 Å². The molecule has 3 aromatic carbocycles. The number of esters is 1. The maximum Gasteiger partial charge on any atom is 0.338 e. The average molecular weight is 402 g/mol. The molecular formula is C26H23FO3. The predicted octanol–water partition coefficient (Wildman–Crippen LogP) is 6.60. The highest BCUT2D eigenvalue weighted by Crippen LogP contribution is 2.29. The molecule has 0 bridgehead atoms. The molecular weight excluding hydrogens is 379 g/mol. The van der Waals surface area contributed by atoms with Crippen LogP contribution in [0.4, 0.5) is 4.39 Å². The van der Waals surface area contributed by atoms with Gasteiger partial charge in [0.05, 0.1) is 0 Å². The van der Waals surface area contributed by atoms with Gasteiger partial charge in [0.15, 0.2) is 11.6 Å². The Morgan fingerprint density at radius 2 is 1.33 bits per heavy atom. The van der Waals surface area contributed by atoms with Crippen LogP contribution in [0.3, 0.4) is 0 Å². The van der Waals surface area contributed by atoms with Crippen molar-refractivity contribution in [1.29, 1.82) is 0 Å². The van der Waals surface area contributed by atoms with Crippen LogP contribution in [0.2, 0.25) is 0 Å². The van der Waals surface area contributed by atoms with Gasteiger partial charge in [-0.3, -0.25) is 0 Å². The summed E-state index contributed by atoms with van der Waals surface area (Å²) in [7, 11) is 0. The quantitative estimate of drug-likeness (QED) is 0.193. The first-order valence-electron chi connectivity index (χ1n) is 9.49. The van der Waals surface area contributed by atoms with Crippen LogP contribution in [0.15, 0.2) is 91.0 Å². The lowest BCUT2D eigenvalue weighted by Crippen LogP contribution is -2.09. The van der Waals surface area contributed by atoms with Gasteiger partial charge in [-0.2, -0.15) is 0 Å². The molecule has 0 saturated carbocycles. The maximum atomic E-state index is 14.3. The molecule has 30 heavy (non-hydrogen) atoms. The van der Waals surface area contributed by atoms with Crippen LogP contribution in [0.1, 0.15) is 13.8 Å². The van der Waals surface area contributed by atoms with Crippen LogP contribution >= 0.6 is 0 Å². The van der Waals surface area contributed by atoms with Crippen LogP contribution < -0.4 is 9.47 Å². The fourth-order valence-electron chi connectivity index (χ4n) is 2.76. The summed E-state index contributed by atoms with van der Waals surface area (Å²) >= 11 is 0.